The van der Waals surface area contributed by atoms with Gasteiger partial charge in [-0.15, -0.1) is 0 Å². The van der Waals surface area contributed by atoms with Crippen molar-refractivity contribution in [1.29, 1.82) is 0 Å². The Morgan fingerprint density at radius 1 is 1.73 bits per heavy atom. The number of thiol groups is 1. The third-order valence-corrected chi connectivity index (χ3v) is 2.17. The molecule has 0 aromatic carbocycles. The summed E-state index contributed by atoms with van der Waals surface area (Å²) in [5.41, 5.74) is 5.69. The molecule has 1 saturated heterocycles. The maximum atomic E-state index is 11.3. The summed E-state index contributed by atoms with van der Waals surface area (Å²) in [5.74, 6) is 0.757. The zero-order valence-electron chi connectivity index (χ0n) is 6.49. The molecule has 1 amide bonds. The minimum Gasteiger partial charge on any atom is -0.327 e. The van der Waals surface area contributed by atoms with Crippen LogP contribution in [0.1, 0.15) is 19.3 Å². The van der Waals surface area contributed by atoms with Crippen LogP contribution in [0.4, 0.5) is 0 Å². The number of nitrogens with zero attached hydrogens (tertiary/aromatic N) is 1. The van der Waals surface area contributed by atoms with Crippen molar-refractivity contribution in [2.24, 2.45) is 5.73 Å². The second-order valence-electron chi connectivity index (χ2n) is 2.77. The minimum atomic E-state index is -0.0395. The van der Waals surface area contributed by atoms with Gasteiger partial charge >= 0.3 is 0 Å². The van der Waals surface area contributed by atoms with Crippen LogP contribution in [-0.4, -0.2) is 29.3 Å². The molecule has 1 aliphatic heterocycles. The second kappa shape index (κ2) is 3.97. The molecule has 0 bridgehead atoms. The highest BCUT2D eigenvalue weighted by atomic mass is 32.1. The monoisotopic (exact) mass is 174 g/mol. The van der Waals surface area contributed by atoms with Crippen molar-refractivity contribution in [2.45, 2.75) is 25.4 Å². The molecule has 1 fully saturated rings. The molecule has 0 spiro atoms. The van der Waals surface area contributed by atoms with Crippen LogP contribution in [0.3, 0.4) is 0 Å². The van der Waals surface area contributed by atoms with Crippen molar-refractivity contribution < 1.29 is 4.79 Å². The van der Waals surface area contributed by atoms with Crippen LogP contribution >= 0.6 is 12.6 Å². The molecule has 4 heteroatoms. The normalized spacial score (nSPS) is 24.2. The first kappa shape index (κ1) is 8.87. The summed E-state index contributed by atoms with van der Waals surface area (Å²) in [6.45, 7) is 0.827. The Hall–Kier alpha value is -0.220. The van der Waals surface area contributed by atoms with Gasteiger partial charge in [0.2, 0.25) is 5.91 Å². The van der Waals surface area contributed by atoms with Crippen LogP contribution in [0.5, 0.6) is 0 Å². The van der Waals surface area contributed by atoms with E-state index < -0.39 is 0 Å². The van der Waals surface area contributed by atoms with Gasteiger partial charge in [0.25, 0.3) is 0 Å². The van der Waals surface area contributed by atoms with Gasteiger partial charge in [0.15, 0.2) is 0 Å². The molecule has 3 nitrogen and oxygen atoms in total. The molecule has 64 valence electrons. The van der Waals surface area contributed by atoms with E-state index in [1.54, 1.807) is 4.90 Å². The minimum absolute atomic E-state index is 0.0395. The number of hydrogen-bond donors (Lipinski definition) is 2. The van der Waals surface area contributed by atoms with E-state index in [1.807, 2.05) is 0 Å². The van der Waals surface area contributed by atoms with Gasteiger partial charge in [-0.2, -0.15) is 12.6 Å². The number of amides is 1. The molecule has 1 aliphatic rings. The zero-order valence-corrected chi connectivity index (χ0v) is 7.39. The summed E-state index contributed by atoms with van der Waals surface area (Å²) in [5, 5.41) is 0. The van der Waals surface area contributed by atoms with Crippen molar-refractivity contribution in [3.05, 3.63) is 0 Å². The summed E-state index contributed by atoms with van der Waals surface area (Å²) >= 11 is 3.99. The van der Waals surface area contributed by atoms with E-state index in [0.29, 0.717) is 12.2 Å². The van der Waals surface area contributed by atoms with Crippen LogP contribution < -0.4 is 5.73 Å². The number of likely N-dealkylation sites (tertiary alicyclic amines) is 1. The van der Waals surface area contributed by atoms with E-state index in [1.165, 1.54) is 0 Å². The van der Waals surface area contributed by atoms with Gasteiger partial charge in [-0.25, -0.2) is 0 Å². The number of carbonyl (C=O) groups excluding carboxylic acids is 1. The number of rotatable bonds is 2. The molecule has 1 rings (SSSR count). The molecule has 0 aliphatic carbocycles. The Morgan fingerprint density at radius 3 is 2.91 bits per heavy atom. The largest absolute Gasteiger partial charge is 0.327 e. The predicted octanol–water partition coefficient (Wildman–Crippen LogP) is 0.214. The van der Waals surface area contributed by atoms with E-state index in [4.69, 9.17) is 5.73 Å². The van der Waals surface area contributed by atoms with E-state index in [-0.39, 0.29) is 12.1 Å². The van der Waals surface area contributed by atoms with Crippen molar-refractivity contribution in [3.63, 3.8) is 0 Å². The highest BCUT2D eigenvalue weighted by Crippen LogP contribution is 2.13. The van der Waals surface area contributed by atoms with Crippen LogP contribution in [0, 0.1) is 0 Å². The lowest BCUT2D eigenvalue weighted by molar-refractivity contribution is -0.131. The molecule has 1 atom stereocenters. The van der Waals surface area contributed by atoms with Gasteiger partial charge in [-0.1, -0.05) is 0 Å². The van der Waals surface area contributed by atoms with Gasteiger partial charge in [-0.05, 0) is 18.6 Å². The fraction of sp³-hybridized carbons (Fsp3) is 0.857. The van der Waals surface area contributed by atoms with Crippen LogP contribution in [-0.2, 0) is 4.79 Å². The molecule has 0 aromatic heterocycles. The summed E-state index contributed by atoms with van der Waals surface area (Å²) in [6.07, 6.45) is 2.46. The third-order valence-electron chi connectivity index (χ3n) is 1.95. The topological polar surface area (TPSA) is 46.3 Å². The molecule has 1 heterocycles. The van der Waals surface area contributed by atoms with E-state index in [0.717, 1.165) is 19.4 Å². The lowest BCUT2D eigenvalue weighted by Gasteiger charge is -2.20. The van der Waals surface area contributed by atoms with Crippen molar-refractivity contribution in [1.82, 2.24) is 4.90 Å². The van der Waals surface area contributed by atoms with E-state index in [9.17, 15) is 4.79 Å². The molecule has 0 aromatic rings. The predicted molar refractivity (Wildman–Crippen MR) is 47.4 cm³/mol. The molecular weight excluding hydrogens is 160 g/mol. The molecule has 1 unspecified atom stereocenters. The first-order valence-corrected chi connectivity index (χ1v) is 4.55. The fourth-order valence-corrected chi connectivity index (χ4v) is 1.53. The first-order chi connectivity index (χ1) is 5.25. The molecule has 0 radical (unpaired) electrons. The average Bonchev–Trinajstić information content (AvgIpc) is 2.36. The van der Waals surface area contributed by atoms with Crippen molar-refractivity contribution >= 4 is 18.5 Å². The highest BCUT2D eigenvalue weighted by molar-refractivity contribution is 7.80. The van der Waals surface area contributed by atoms with Crippen molar-refractivity contribution in [3.8, 4) is 0 Å². The van der Waals surface area contributed by atoms with Crippen LogP contribution in [0.2, 0.25) is 0 Å². The summed E-state index contributed by atoms with van der Waals surface area (Å²) < 4.78 is 0. The SMILES string of the molecule is NC1CCCN1C(=O)CCS. The van der Waals surface area contributed by atoms with Crippen molar-refractivity contribution in [2.75, 3.05) is 12.3 Å². The lowest BCUT2D eigenvalue weighted by Crippen LogP contribution is -2.41. The quantitative estimate of drug-likeness (QED) is 0.588. The number of carbonyl (C=O) groups is 1. The molecule has 2 N–H and O–H groups in total. The van der Waals surface area contributed by atoms with Gasteiger partial charge in [0.1, 0.15) is 0 Å². The van der Waals surface area contributed by atoms with E-state index >= 15 is 0 Å². The molecule has 11 heavy (non-hydrogen) atoms. The van der Waals surface area contributed by atoms with Gasteiger partial charge in [0, 0.05) is 13.0 Å². The molecular formula is C7H14N2OS. The summed E-state index contributed by atoms with van der Waals surface area (Å²) in [6, 6.07) is 0. The average molecular weight is 174 g/mol. The van der Waals surface area contributed by atoms with Gasteiger partial charge in [-0.3, -0.25) is 4.79 Å². The second-order valence-corrected chi connectivity index (χ2v) is 3.22. The molecule has 0 saturated carbocycles. The number of hydrogen-bond acceptors (Lipinski definition) is 3. The Bertz CT molecular complexity index is 151. The zero-order chi connectivity index (χ0) is 8.27. The Morgan fingerprint density at radius 2 is 2.45 bits per heavy atom. The van der Waals surface area contributed by atoms with Gasteiger partial charge < -0.3 is 10.6 Å². The number of nitrogens with two attached hydrogens (primary N) is 1. The van der Waals surface area contributed by atoms with E-state index in [2.05, 4.69) is 12.6 Å². The first-order valence-electron chi connectivity index (χ1n) is 3.91. The Balaban J connectivity index is 2.39. The summed E-state index contributed by atoms with van der Waals surface area (Å²) in [7, 11) is 0. The maximum absolute atomic E-state index is 11.3. The van der Waals surface area contributed by atoms with Crippen LogP contribution in [0.25, 0.3) is 0 Å². The van der Waals surface area contributed by atoms with Crippen LogP contribution in [0.15, 0.2) is 0 Å². The Kier molecular flexibility index (Phi) is 3.20. The lowest BCUT2D eigenvalue weighted by atomic mass is 10.3. The highest BCUT2D eigenvalue weighted by Gasteiger charge is 2.24. The third kappa shape index (κ3) is 2.10. The summed E-state index contributed by atoms with van der Waals surface area (Å²) in [4.78, 5) is 13.0. The van der Waals surface area contributed by atoms with Gasteiger partial charge in [0.05, 0.1) is 6.17 Å². The smallest absolute Gasteiger partial charge is 0.224 e. The Labute approximate surface area is 72.3 Å². The standard InChI is InChI=1S/C7H14N2OS/c8-6-2-1-4-9(6)7(10)3-5-11/h6,11H,1-5,8H2. The fourth-order valence-electron chi connectivity index (χ4n) is 1.34. The maximum Gasteiger partial charge on any atom is 0.224 e.